The summed E-state index contributed by atoms with van der Waals surface area (Å²) in [5, 5.41) is 3.49. The van der Waals surface area contributed by atoms with E-state index in [-0.39, 0.29) is 0 Å². The number of rotatable bonds is 5. The molecule has 2 nitrogen and oxygen atoms in total. The number of ether oxygens (including phenoxy) is 1. The van der Waals surface area contributed by atoms with Gasteiger partial charge in [0, 0.05) is 19.3 Å². The molecule has 1 N–H and O–H groups in total. The van der Waals surface area contributed by atoms with E-state index in [1.807, 2.05) is 0 Å². The summed E-state index contributed by atoms with van der Waals surface area (Å²) >= 11 is 0. The molecular weight excluding hydrogens is 174 g/mol. The first-order valence-electron chi connectivity index (χ1n) is 5.99. The van der Waals surface area contributed by atoms with Crippen molar-refractivity contribution < 1.29 is 4.74 Å². The summed E-state index contributed by atoms with van der Waals surface area (Å²) in [5.41, 5.74) is 0. The lowest BCUT2D eigenvalue weighted by atomic mass is 9.91. The Morgan fingerprint density at radius 2 is 2.14 bits per heavy atom. The van der Waals surface area contributed by atoms with E-state index in [4.69, 9.17) is 4.74 Å². The summed E-state index contributed by atoms with van der Waals surface area (Å²) in [5.74, 6) is 1.59. The number of hydrogen-bond donors (Lipinski definition) is 1. The van der Waals surface area contributed by atoms with E-state index in [1.165, 1.54) is 19.3 Å². The second-order valence-corrected chi connectivity index (χ2v) is 4.99. The highest BCUT2D eigenvalue weighted by atomic mass is 16.5. The van der Waals surface area contributed by atoms with Gasteiger partial charge in [0.15, 0.2) is 0 Å². The van der Waals surface area contributed by atoms with Gasteiger partial charge in [-0.3, -0.25) is 0 Å². The van der Waals surface area contributed by atoms with Crippen molar-refractivity contribution in [2.75, 3.05) is 19.8 Å². The van der Waals surface area contributed by atoms with Gasteiger partial charge in [0.1, 0.15) is 0 Å². The number of hydrogen-bond acceptors (Lipinski definition) is 2. The minimum absolute atomic E-state index is 0.611. The lowest BCUT2D eigenvalue weighted by molar-refractivity contribution is 0.0460. The standard InChI is InChI=1S/C12H25NO/c1-10(2)13-8-11(3)7-12-5-4-6-14-9-12/h10-13H,4-9H2,1-3H3. The van der Waals surface area contributed by atoms with E-state index in [1.54, 1.807) is 0 Å². The van der Waals surface area contributed by atoms with E-state index in [2.05, 4.69) is 26.1 Å². The zero-order chi connectivity index (χ0) is 10.4. The zero-order valence-electron chi connectivity index (χ0n) is 9.88. The minimum Gasteiger partial charge on any atom is -0.381 e. The first-order chi connectivity index (χ1) is 6.68. The molecule has 84 valence electrons. The van der Waals surface area contributed by atoms with Crippen molar-refractivity contribution in [3.8, 4) is 0 Å². The quantitative estimate of drug-likeness (QED) is 0.734. The fourth-order valence-electron chi connectivity index (χ4n) is 2.08. The molecule has 0 bridgehead atoms. The van der Waals surface area contributed by atoms with Crippen LogP contribution in [0.2, 0.25) is 0 Å². The van der Waals surface area contributed by atoms with Gasteiger partial charge >= 0.3 is 0 Å². The molecule has 1 heterocycles. The Balaban J connectivity index is 2.09. The molecule has 0 saturated carbocycles. The van der Waals surface area contributed by atoms with Gasteiger partial charge in [-0.2, -0.15) is 0 Å². The molecule has 0 aromatic carbocycles. The molecule has 1 saturated heterocycles. The van der Waals surface area contributed by atoms with Gasteiger partial charge in [-0.25, -0.2) is 0 Å². The monoisotopic (exact) mass is 199 g/mol. The molecule has 0 aliphatic carbocycles. The van der Waals surface area contributed by atoms with E-state index < -0.39 is 0 Å². The average Bonchev–Trinajstić information content (AvgIpc) is 2.16. The van der Waals surface area contributed by atoms with Crippen molar-refractivity contribution in [2.45, 2.75) is 46.1 Å². The van der Waals surface area contributed by atoms with Gasteiger partial charge in [0.25, 0.3) is 0 Å². The fraction of sp³-hybridized carbons (Fsp3) is 1.00. The molecular formula is C12H25NO. The van der Waals surface area contributed by atoms with Crippen LogP contribution in [0, 0.1) is 11.8 Å². The van der Waals surface area contributed by atoms with Gasteiger partial charge in [-0.05, 0) is 37.6 Å². The van der Waals surface area contributed by atoms with E-state index >= 15 is 0 Å². The van der Waals surface area contributed by atoms with Crippen LogP contribution in [-0.4, -0.2) is 25.8 Å². The Labute approximate surface area is 88.4 Å². The third-order valence-electron chi connectivity index (χ3n) is 2.86. The van der Waals surface area contributed by atoms with Gasteiger partial charge in [0.05, 0.1) is 0 Å². The third kappa shape index (κ3) is 4.97. The normalized spacial score (nSPS) is 25.3. The van der Waals surface area contributed by atoms with Crippen LogP contribution >= 0.6 is 0 Å². The number of nitrogens with one attached hydrogen (secondary N) is 1. The maximum absolute atomic E-state index is 5.49. The third-order valence-corrected chi connectivity index (χ3v) is 2.86. The van der Waals surface area contributed by atoms with Crippen LogP contribution in [0.4, 0.5) is 0 Å². The molecule has 2 unspecified atom stereocenters. The molecule has 2 atom stereocenters. The Hall–Kier alpha value is -0.0800. The van der Waals surface area contributed by atoms with Crippen LogP contribution in [0.15, 0.2) is 0 Å². The maximum Gasteiger partial charge on any atom is 0.0494 e. The summed E-state index contributed by atoms with van der Waals surface area (Å²) < 4.78 is 5.49. The summed E-state index contributed by atoms with van der Waals surface area (Å²) in [7, 11) is 0. The van der Waals surface area contributed by atoms with Crippen molar-refractivity contribution in [3.05, 3.63) is 0 Å². The Morgan fingerprint density at radius 3 is 2.71 bits per heavy atom. The van der Waals surface area contributed by atoms with E-state index in [0.717, 1.165) is 31.6 Å². The van der Waals surface area contributed by atoms with Crippen LogP contribution in [0.1, 0.15) is 40.0 Å². The first-order valence-corrected chi connectivity index (χ1v) is 5.99. The molecule has 1 fully saturated rings. The van der Waals surface area contributed by atoms with Crippen molar-refractivity contribution in [3.63, 3.8) is 0 Å². The molecule has 2 heteroatoms. The van der Waals surface area contributed by atoms with Crippen molar-refractivity contribution in [1.29, 1.82) is 0 Å². The molecule has 1 aliphatic heterocycles. The molecule has 0 aromatic heterocycles. The highest BCUT2D eigenvalue weighted by Gasteiger charge is 2.16. The van der Waals surface area contributed by atoms with Crippen LogP contribution in [-0.2, 0) is 4.74 Å². The van der Waals surface area contributed by atoms with Gasteiger partial charge in [-0.1, -0.05) is 20.8 Å². The van der Waals surface area contributed by atoms with Crippen molar-refractivity contribution >= 4 is 0 Å². The molecule has 1 rings (SSSR count). The molecule has 0 amide bonds. The molecule has 0 radical (unpaired) electrons. The summed E-state index contributed by atoms with van der Waals surface area (Å²) in [4.78, 5) is 0. The lowest BCUT2D eigenvalue weighted by Gasteiger charge is -2.25. The summed E-state index contributed by atoms with van der Waals surface area (Å²) in [6.07, 6.45) is 3.95. The fourth-order valence-corrected chi connectivity index (χ4v) is 2.08. The second kappa shape index (κ2) is 6.41. The predicted octanol–water partition coefficient (Wildman–Crippen LogP) is 2.44. The predicted molar refractivity (Wildman–Crippen MR) is 60.5 cm³/mol. The Morgan fingerprint density at radius 1 is 1.36 bits per heavy atom. The topological polar surface area (TPSA) is 21.3 Å². The van der Waals surface area contributed by atoms with E-state index in [0.29, 0.717) is 6.04 Å². The van der Waals surface area contributed by atoms with Gasteiger partial charge in [0.2, 0.25) is 0 Å². The first kappa shape index (κ1) is 12.0. The van der Waals surface area contributed by atoms with Gasteiger partial charge < -0.3 is 10.1 Å². The molecule has 14 heavy (non-hydrogen) atoms. The highest BCUT2D eigenvalue weighted by molar-refractivity contribution is 4.68. The minimum atomic E-state index is 0.611. The van der Waals surface area contributed by atoms with Crippen molar-refractivity contribution in [2.24, 2.45) is 11.8 Å². The second-order valence-electron chi connectivity index (χ2n) is 4.99. The van der Waals surface area contributed by atoms with Crippen LogP contribution in [0.5, 0.6) is 0 Å². The van der Waals surface area contributed by atoms with Crippen LogP contribution in [0.3, 0.4) is 0 Å². The summed E-state index contributed by atoms with van der Waals surface area (Å²) in [6, 6.07) is 0.611. The Bertz CT molecular complexity index is 141. The average molecular weight is 199 g/mol. The molecule has 1 aliphatic rings. The van der Waals surface area contributed by atoms with Crippen LogP contribution < -0.4 is 5.32 Å². The van der Waals surface area contributed by atoms with Crippen molar-refractivity contribution in [1.82, 2.24) is 5.32 Å². The zero-order valence-corrected chi connectivity index (χ0v) is 9.88. The van der Waals surface area contributed by atoms with Gasteiger partial charge in [-0.15, -0.1) is 0 Å². The smallest absolute Gasteiger partial charge is 0.0494 e. The molecule has 0 spiro atoms. The highest BCUT2D eigenvalue weighted by Crippen LogP contribution is 2.21. The SMILES string of the molecule is CC(CNC(C)C)CC1CCCOC1. The summed E-state index contributed by atoms with van der Waals surface area (Å²) in [6.45, 7) is 9.87. The Kier molecular flexibility index (Phi) is 5.49. The lowest BCUT2D eigenvalue weighted by Crippen LogP contribution is -2.30. The van der Waals surface area contributed by atoms with E-state index in [9.17, 15) is 0 Å². The molecule has 0 aromatic rings. The van der Waals surface area contributed by atoms with Crippen LogP contribution in [0.25, 0.3) is 0 Å². The maximum atomic E-state index is 5.49. The largest absolute Gasteiger partial charge is 0.381 e.